The predicted octanol–water partition coefficient (Wildman–Crippen LogP) is 2.82. The van der Waals surface area contributed by atoms with Crippen LogP contribution in [0.1, 0.15) is 16.8 Å². The van der Waals surface area contributed by atoms with Crippen LogP contribution in [0.4, 0.5) is 14.5 Å². The molecule has 0 spiro atoms. The summed E-state index contributed by atoms with van der Waals surface area (Å²) in [5.74, 6) is -0.602. The molecule has 0 saturated carbocycles. The summed E-state index contributed by atoms with van der Waals surface area (Å²) in [5, 5.41) is 2.76. The summed E-state index contributed by atoms with van der Waals surface area (Å²) in [7, 11) is 0. The van der Waals surface area contributed by atoms with Gasteiger partial charge in [-0.2, -0.15) is 8.78 Å². The fraction of sp³-hybridized carbons (Fsp3) is 0.222. The number of halogens is 2. The molecular formula is C18H16F2N2O3. The van der Waals surface area contributed by atoms with Gasteiger partial charge < -0.3 is 15.0 Å². The average molecular weight is 346 g/mol. The van der Waals surface area contributed by atoms with E-state index in [1.165, 1.54) is 24.3 Å². The third kappa shape index (κ3) is 4.12. The van der Waals surface area contributed by atoms with Crippen LogP contribution in [0.15, 0.2) is 54.6 Å². The van der Waals surface area contributed by atoms with Crippen LogP contribution in [-0.2, 0) is 4.79 Å². The van der Waals surface area contributed by atoms with Gasteiger partial charge in [0.2, 0.25) is 5.91 Å². The van der Waals surface area contributed by atoms with Crippen LogP contribution < -0.4 is 15.0 Å². The largest absolute Gasteiger partial charge is 0.435 e. The van der Waals surface area contributed by atoms with E-state index in [0.717, 1.165) is 5.69 Å². The summed E-state index contributed by atoms with van der Waals surface area (Å²) in [6.07, 6.45) is 0.188. The fourth-order valence-corrected chi connectivity index (χ4v) is 2.74. The molecule has 0 radical (unpaired) electrons. The molecule has 5 nitrogen and oxygen atoms in total. The molecule has 1 N–H and O–H groups in total. The maximum atomic E-state index is 12.3. The molecule has 7 heteroatoms. The summed E-state index contributed by atoms with van der Waals surface area (Å²) in [5.41, 5.74) is 0.973. The van der Waals surface area contributed by atoms with Crippen LogP contribution in [0.2, 0.25) is 0 Å². The summed E-state index contributed by atoms with van der Waals surface area (Å²) < 4.78 is 28.8. The molecule has 1 atom stereocenters. The Morgan fingerprint density at radius 2 is 1.92 bits per heavy atom. The second-order valence-corrected chi connectivity index (χ2v) is 5.62. The second-order valence-electron chi connectivity index (χ2n) is 5.62. The lowest BCUT2D eigenvalue weighted by Crippen LogP contribution is -2.37. The molecule has 0 aromatic heterocycles. The van der Waals surface area contributed by atoms with Crippen LogP contribution >= 0.6 is 0 Å². The highest BCUT2D eigenvalue weighted by molar-refractivity contribution is 5.99. The standard InChI is InChI=1S/C18H16F2N2O3/c19-18(20)25-15-8-4-5-12(9-15)17(24)21-13-10-16(23)22(11-13)14-6-2-1-3-7-14/h1-9,13,18H,10-11H2,(H,21,24)/t13-/m1/s1. The Labute approximate surface area is 143 Å². The number of carbonyl (C=O) groups is 2. The predicted molar refractivity (Wildman–Crippen MR) is 87.7 cm³/mol. The van der Waals surface area contributed by atoms with Crippen molar-refractivity contribution in [3.63, 3.8) is 0 Å². The molecular weight excluding hydrogens is 330 g/mol. The first-order valence-corrected chi connectivity index (χ1v) is 7.74. The molecule has 1 aliphatic heterocycles. The molecule has 0 aliphatic carbocycles. The summed E-state index contributed by atoms with van der Waals surface area (Å²) in [6, 6.07) is 14.4. The highest BCUT2D eigenvalue weighted by atomic mass is 19.3. The van der Waals surface area contributed by atoms with Crippen molar-refractivity contribution in [3.8, 4) is 5.75 Å². The first kappa shape index (κ1) is 16.9. The number of anilines is 1. The zero-order valence-electron chi connectivity index (χ0n) is 13.2. The molecule has 1 aliphatic rings. The average Bonchev–Trinajstić information content (AvgIpc) is 2.95. The number of nitrogens with zero attached hydrogens (tertiary/aromatic N) is 1. The van der Waals surface area contributed by atoms with Crippen LogP contribution in [0, 0.1) is 0 Å². The van der Waals surface area contributed by atoms with Gasteiger partial charge in [0.05, 0.1) is 6.04 Å². The lowest BCUT2D eigenvalue weighted by Gasteiger charge is -2.17. The van der Waals surface area contributed by atoms with Gasteiger partial charge in [-0.25, -0.2) is 0 Å². The van der Waals surface area contributed by atoms with Crippen molar-refractivity contribution >= 4 is 17.5 Å². The quantitative estimate of drug-likeness (QED) is 0.906. The summed E-state index contributed by atoms with van der Waals surface area (Å²) >= 11 is 0. The van der Waals surface area contributed by atoms with E-state index in [4.69, 9.17) is 0 Å². The van der Waals surface area contributed by atoms with Crippen molar-refractivity contribution in [3.05, 3.63) is 60.2 Å². The summed E-state index contributed by atoms with van der Waals surface area (Å²) in [6.45, 7) is -2.59. The number of alkyl halides is 2. The van der Waals surface area contributed by atoms with Crippen molar-refractivity contribution < 1.29 is 23.1 Å². The molecule has 0 unspecified atom stereocenters. The number of hydrogen-bond donors (Lipinski definition) is 1. The lowest BCUT2D eigenvalue weighted by atomic mass is 10.1. The Bertz CT molecular complexity index is 768. The summed E-state index contributed by atoms with van der Waals surface area (Å²) in [4.78, 5) is 26.1. The molecule has 2 aromatic rings. The molecule has 1 fully saturated rings. The van der Waals surface area contributed by atoms with Gasteiger partial charge in [0.1, 0.15) is 5.75 Å². The Morgan fingerprint density at radius 1 is 1.16 bits per heavy atom. The maximum Gasteiger partial charge on any atom is 0.387 e. The van der Waals surface area contributed by atoms with Crippen LogP contribution in [0.5, 0.6) is 5.75 Å². The minimum atomic E-state index is -2.95. The minimum absolute atomic E-state index is 0.0775. The highest BCUT2D eigenvalue weighted by Crippen LogP contribution is 2.22. The van der Waals surface area contributed by atoms with E-state index in [2.05, 4.69) is 10.1 Å². The Balaban J connectivity index is 1.65. The smallest absolute Gasteiger partial charge is 0.387 e. The topological polar surface area (TPSA) is 58.6 Å². The van der Waals surface area contributed by atoms with Gasteiger partial charge in [-0.1, -0.05) is 24.3 Å². The molecule has 25 heavy (non-hydrogen) atoms. The number of rotatable bonds is 5. The van der Waals surface area contributed by atoms with Gasteiger partial charge in [0.15, 0.2) is 0 Å². The number of ether oxygens (including phenoxy) is 1. The molecule has 2 amide bonds. The third-order valence-electron chi connectivity index (χ3n) is 3.85. The lowest BCUT2D eigenvalue weighted by molar-refractivity contribution is -0.117. The van der Waals surface area contributed by atoms with Gasteiger partial charge in [0.25, 0.3) is 5.91 Å². The van der Waals surface area contributed by atoms with Gasteiger partial charge >= 0.3 is 6.61 Å². The van der Waals surface area contributed by atoms with Crippen LogP contribution in [0.25, 0.3) is 0 Å². The SMILES string of the molecule is O=C(N[C@@H]1CC(=O)N(c2ccccc2)C1)c1cccc(OC(F)F)c1. The first-order valence-electron chi connectivity index (χ1n) is 7.74. The second kappa shape index (κ2) is 7.29. The van der Waals surface area contributed by atoms with Crippen molar-refractivity contribution in [2.75, 3.05) is 11.4 Å². The zero-order valence-corrected chi connectivity index (χ0v) is 13.2. The first-order chi connectivity index (χ1) is 12.0. The van der Waals surface area contributed by atoms with Gasteiger partial charge in [-0.3, -0.25) is 9.59 Å². The normalized spacial score (nSPS) is 17.0. The van der Waals surface area contributed by atoms with E-state index in [1.54, 1.807) is 4.90 Å². The molecule has 2 aromatic carbocycles. The van der Waals surface area contributed by atoms with Crippen molar-refractivity contribution in [2.24, 2.45) is 0 Å². The van der Waals surface area contributed by atoms with E-state index >= 15 is 0 Å². The number of hydrogen-bond acceptors (Lipinski definition) is 3. The van der Waals surface area contributed by atoms with Crippen molar-refractivity contribution in [2.45, 2.75) is 19.1 Å². The van der Waals surface area contributed by atoms with Gasteiger partial charge in [-0.05, 0) is 30.3 Å². The Morgan fingerprint density at radius 3 is 2.64 bits per heavy atom. The number of nitrogens with one attached hydrogen (secondary N) is 1. The monoisotopic (exact) mass is 346 g/mol. The zero-order chi connectivity index (χ0) is 17.8. The minimum Gasteiger partial charge on any atom is -0.435 e. The number of benzene rings is 2. The number of carbonyl (C=O) groups excluding carboxylic acids is 2. The van der Waals surface area contributed by atoms with Crippen LogP contribution in [-0.4, -0.2) is 31.0 Å². The van der Waals surface area contributed by atoms with Gasteiger partial charge in [-0.15, -0.1) is 0 Å². The molecule has 130 valence electrons. The van der Waals surface area contributed by atoms with E-state index in [0.29, 0.717) is 6.54 Å². The van der Waals surface area contributed by atoms with E-state index < -0.39 is 12.5 Å². The molecule has 0 bridgehead atoms. The van der Waals surface area contributed by atoms with Crippen LogP contribution in [0.3, 0.4) is 0 Å². The Hall–Kier alpha value is -2.96. The molecule has 1 heterocycles. The fourth-order valence-electron chi connectivity index (χ4n) is 2.74. The number of para-hydroxylation sites is 1. The molecule has 3 rings (SSSR count). The highest BCUT2D eigenvalue weighted by Gasteiger charge is 2.31. The maximum absolute atomic E-state index is 12.3. The van der Waals surface area contributed by atoms with Crippen molar-refractivity contribution in [1.29, 1.82) is 0 Å². The molecule has 1 saturated heterocycles. The third-order valence-corrected chi connectivity index (χ3v) is 3.85. The van der Waals surface area contributed by atoms with E-state index in [1.807, 2.05) is 30.3 Å². The van der Waals surface area contributed by atoms with Crippen molar-refractivity contribution in [1.82, 2.24) is 5.32 Å². The number of amides is 2. The van der Waals surface area contributed by atoms with E-state index in [9.17, 15) is 18.4 Å². The van der Waals surface area contributed by atoms with E-state index in [-0.39, 0.29) is 29.7 Å². The Kier molecular flexibility index (Phi) is 4.92. The van der Waals surface area contributed by atoms with Gasteiger partial charge in [0, 0.05) is 24.2 Å².